The fourth-order valence-electron chi connectivity index (χ4n) is 2.41. The van der Waals surface area contributed by atoms with Gasteiger partial charge >= 0.3 is 0 Å². The van der Waals surface area contributed by atoms with E-state index in [1.807, 2.05) is 30.1 Å². The molecular formula is C13H16N4OS. The lowest BCUT2D eigenvalue weighted by molar-refractivity contribution is 0.473. The van der Waals surface area contributed by atoms with Crippen LogP contribution in [0.15, 0.2) is 41.1 Å². The van der Waals surface area contributed by atoms with Gasteiger partial charge in [0.25, 0.3) is 5.56 Å². The molecule has 2 aliphatic rings. The molecule has 6 heteroatoms. The maximum atomic E-state index is 12.0. The Morgan fingerprint density at radius 2 is 2.05 bits per heavy atom. The topological polar surface area (TPSA) is 42.2 Å². The van der Waals surface area contributed by atoms with Gasteiger partial charge in [-0.25, -0.2) is 0 Å². The van der Waals surface area contributed by atoms with Gasteiger partial charge < -0.3 is 4.72 Å². The molecule has 3 heterocycles. The zero-order valence-corrected chi connectivity index (χ0v) is 11.8. The van der Waals surface area contributed by atoms with E-state index >= 15 is 0 Å². The minimum absolute atomic E-state index is 0.0592. The predicted molar refractivity (Wildman–Crippen MR) is 77.8 cm³/mol. The summed E-state index contributed by atoms with van der Waals surface area (Å²) >= 11 is 1.53. The molecule has 0 aliphatic carbocycles. The van der Waals surface area contributed by atoms with Crippen LogP contribution in [0.25, 0.3) is 5.57 Å². The Balaban J connectivity index is 2.08. The monoisotopic (exact) mass is 276 g/mol. The summed E-state index contributed by atoms with van der Waals surface area (Å²) < 4.78 is 8.96. The smallest absolute Gasteiger partial charge is 0.267 e. The lowest BCUT2D eigenvalue weighted by Gasteiger charge is -2.18. The van der Waals surface area contributed by atoms with Crippen molar-refractivity contribution in [2.24, 2.45) is 0 Å². The normalized spacial score (nSPS) is 17.1. The van der Waals surface area contributed by atoms with E-state index in [-0.39, 0.29) is 5.56 Å². The van der Waals surface area contributed by atoms with Crippen molar-refractivity contribution in [3.05, 3.63) is 52.4 Å². The number of allylic oxidation sites excluding steroid dienone is 3. The van der Waals surface area contributed by atoms with Crippen LogP contribution in [0.1, 0.15) is 19.5 Å². The summed E-state index contributed by atoms with van der Waals surface area (Å²) in [4.78, 5) is 12.0. The van der Waals surface area contributed by atoms with Crippen LogP contribution < -0.4 is 10.3 Å². The van der Waals surface area contributed by atoms with Gasteiger partial charge in [-0.3, -0.25) is 18.5 Å². The maximum absolute atomic E-state index is 12.0. The van der Waals surface area contributed by atoms with Gasteiger partial charge in [-0.05, 0) is 26.0 Å². The standard InChI is InChI=1S/C13H16N4OS/c1-3-15-12(8-13(18)16(15)4-2)10-5-6-17-11(7-10)9-14-19-17/h5-9,14H,3-4H2,1-2H3. The van der Waals surface area contributed by atoms with Crippen molar-refractivity contribution in [2.45, 2.75) is 26.9 Å². The number of hydrogen-bond donors (Lipinski definition) is 1. The number of nitrogens with zero attached hydrogens (tertiary/aromatic N) is 3. The van der Waals surface area contributed by atoms with E-state index in [1.54, 1.807) is 10.7 Å². The third kappa shape index (κ3) is 1.92. The SMILES string of the molecule is CCn1c(C2=CC3=CNSN3C=C2)cc(=O)n1CC. The van der Waals surface area contributed by atoms with Crippen molar-refractivity contribution in [3.8, 4) is 0 Å². The molecule has 19 heavy (non-hydrogen) atoms. The molecule has 0 saturated carbocycles. The van der Waals surface area contributed by atoms with Gasteiger partial charge in [0.05, 0.1) is 23.5 Å². The first-order valence-electron chi connectivity index (χ1n) is 6.37. The van der Waals surface area contributed by atoms with E-state index in [9.17, 15) is 4.79 Å². The molecule has 0 unspecified atom stereocenters. The van der Waals surface area contributed by atoms with Crippen LogP contribution in [0.5, 0.6) is 0 Å². The zero-order chi connectivity index (χ0) is 13.4. The molecule has 0 amide bonds. The molecule has 0 saturated heterocycles. The van der Waals surface area contributed by atoms with E-state index in [0.717, 1.165) is 23.5 Å². The summed E-state index contributed by atoms with van der Waals surface area (Å²) in [7, 11) is 0. The lowest BCUT2D eigenvalue weighted by atomic mass is 10.1. The Hall–Kier alpha value is -1.82. The first-order chi connectivity index (χ1) is 9.24. The molecule has 2 aliphatic heterocycles. The van der Waals surface area contributed by atoms with E-state index in [4.69, 9.17) is 0 Å². The van der Waals surface area contributed by atoms with Gasteiger partial charge in [0.1, 0.15) is 0 Å². The molecule has 0 fully saturated rings. The highest BCUT2D eigenvalue weighted by molar-refractivity contribution is 7.95. The van der Waals surface area contributed by atoms with Crippen LogP contribution in [-0.4, -0.2) is 13.7 Å². The Labute approximate surface area is 116 Å². The molecule has 1 aromatic heterocycles. The van der Waals surface area contributed by atoms with Gasteiger partial charge in [-0.15, -0.1) is 0 Å². The van der Waals surface area contributed by atoms with E-state index in [1.165, 1.54) is 12.1 Å². The van der Waals surface area contributed by atoms with Crippen molar-refractivity contribution in [2.75, 3.05) is 0 Å². The lowest BCUT2D eigenvalue weighted by Crippen LogP contribution is -2.21. The number of aromatic nitrogens is 2. The molecule has 0 atom stereocenters. The summed E-state index contributed by atoms with van der Waals surface area (Å²) in [6, 6.07) is 1.72. The Morgan fingerprint density at radius 1 is 1.26 bits per heavy atom. The van der Waals surface area contributed by atoms with Crippen molar-refractivity contribution >= 4 is 17.7 Å². The molecular weight excluding hydrogens is 260 g/mol. The molecule has 0 aromatic carbocycles. The second-order valence-corrected chi connectivity index (χ2v) is 5.13. The number of nitrogens with one attached hydrogen (secondary N) is 1. The van der Waals surface area contributed by atoms with Crippen molar-refractivity contribution < 1.29 is 0 Å². The minimum atomic E-state index is 0.0592. The van der Waals surface area contributed by atoms with E-state index in [0.29, 0.717) is 6.54 Å². The largest absolute Gasteiger partial charge is 0.316 e. The molecule has 100 valence electrons. The van der Waals surface area contributed by atoms with Crippen LogP contribution >= 0.6 is 12.1 Å². The second kappa shape index (κ2) is 4.70. The Morgan fingerprint density at radius 3 is 2.79 bits per heavy atom. The number of rotatable bonds is 3. The highest BCUT2D eigenvalue weighted by atomic mass is 32.2. The van der Waals surface area contributed by atoms with Gasteiger partial charge in [-0.1, -0.05) is 0 Å². The average molecular weight is 276 g/mol. The fraction of sp³-hybridized carbons (Fsp3) is 0.308. The summed E-state index contributed by atoms with van der Waals surface area (Å²) in [5.74, 6) is 0. The highest BCUT2D eigenvalue weighted by Crippen LogP contribution is 2.30. The van der Waals surface area contributed by atoms with Crippen molar-refractivity contribution in [3.63, 3.8) is 0 Å². The molecule has 0 radical (unpaired) electrons. The zero-order valence-electron chi connectivity index (χ0n) is 11.0. The third-order valence-electron chi connectivity index (χ3n) is 3.28. The summed E-state index contributed by atoms with van der Waals surface area (Å²) in [6.45, 7) is 5.52. The minimum Gasteiger partial charge on any atom is -0.316 e. The first-order valence-corrected chi connectivity index (χ1v) is 7.14. The van der Waals surface area contributed by atoms with Gasteiger partial charge in [0.15, 0.2) is 0 Å². The molecule has 5 nitrogen and oxygen atoms in total. The van der Waals surface area contributed by atoms with Crippen LogP contribution in [0.3, 0.4) is 0 Å². The van der Waals surface area contributed by atoms with Crippen molar-refractivity contribution in [1.82, 2.24) is 18.4 Å². The van der Waals surface area contributed by atoms with Gasteiger partial charge in [-0.2, -0.15) is 0 Å². The third-order valence-corrected chi connectivity index (χ3v) is 4.04. The maximum Gasteiger partial charge on any atom is 0.267 e. The Bertz CT molecular complexity index is 650. The fourth-order valence-corrected chi connectivity index (χ4v) is 3.03. The van der Waals surface area contributed by atoms with Gasteiger partial charge in [0.2, 0.25) is 0 Å². The quantitative estimate of drug-likeness (QED) is 0.856. The molecule has 1 N–H and O–H groups in total. The molecule has 0 spiro atoms. The van der Waals surface area contributed by atoms with Crippen molar-refractivity contribution in [1.29, 1.82) is 0 Å². The first kappa shape index (κ1) is 12.2. The second-order valence-electron chi connectivity index (χ2n) is 4.32. The Kier molecular flexibility index (Phi) is 3.02. The summed E-state index contributed by atoms with van der Waals surface area (Å²) in [5, 5.41) is 0. The van der Waals surface area contributed by atoms with Gasteiger partial charge in [0, 0.05) is 37.1 Å². The van der Waals surface area contributed by atoms with Crippen LogP contribution in [0.4, 0.5) is 0 Å². The highest BCUT2D eigenvalue weighted by Gasteiger charge is 2.19. The molecule has 3 rings (SSSR count). The van der Waals surface area contributed by atoms with E-state index < -0.39 is 0 Å². The van der Waals surface area contributed by atoms with E-state index in [2.05, 4.69) is 22.0 Å². The van der Waals surface area contributed by atoms with Crippen LogP contribution in [-0.2, 0) is 13.1 Å². The van der Waals surface area contributed by atoms with Crippen LogP contribution in [0.2, 0.25) is 0 Å². The summed E-state index contributed by atoms with van der Waals surface area (Å²) in [6.07, 6.45) is 8.10. The number of fused-ring (bicyclic) bond motifs is 1. The molecule has 1 aromatic rings. The van der Waals surface area contributed by atoms with Crippen LogP contribution in [0, 0.1) is 0 Å². The summed E-state index contributed by atoms with van der Waals surface area (Å²) in [5.41, 5.74) is 3.20. The molecule has 0 bridgehead atoms. The number of hydrogen-bond acceptors (Lipinski definition) is 4. The predicted octanol–water partition coefficient (Wildman–Crippen LogP) is 1.91. The average Bonchev–Trinajstić information content (AvgIpc) is 3.00.